The van der Waals surface area contributed by atoms with E-state index in [1.165, 1.54) is 32.1 Å². The van der Waals surface area contributed by atoms with Crippen LogP contribution in [0.2, 0.25) is 0 Å². The summed E-state index contributed by atoms with van der Waals surface area (Å²) in [4.78, 5) is 13.7. The fraction of sp³-hybridized carbons (Fsp3) is 0.484. The molecule has 1 aliphatic carbocycles. The van der Waals surface area contributed by atoms with Gasteiger partial charge in [-0.25, -0.2) is 9.18 Å². The van der Waals surface area contributed by atoms with Crippen molar-refractivity contribution < 1.29 is 4.39 Å². The first-order valence-electron chi connectivity index (χ1n) is 14.3. The summed E-state index contributed by atoms with van der Waals surface area (Å²) in [5.41, 5.74) is 5.29. The molecular formula is C31H39FN6O. The van der Waals surface area contributed by atoms with Crippen molar-refractivity contribution in [3.8, 4) is 22.5 Å². The lowest BCUT2D eigenvalue weighted by atomic mass is 9.87. The number of alkyl halides is 1. The number of nitrogens with zero attached hydrogens (tertiary/aromatic N) is 5. The number of H-pyrrole nitrogens is 1. The number of rotatable bonds is 11. The predicted octanol–water partition coefficient (Wildman–Crippen LogP) is 6.57. The van der Waals surface area contributed by atoms with Gasteiger partial charge in [0.1, 0.15) is 6.67 Å². The summed E-state index contributed by atoms with van der Waals surface area (Å²) in [6.07, 6.45) is 8.88. The Morgan fingerprint density at radius 3 is 2.38 bits per heavy atom. The topological polar surface area (TPSA) is 81.4 Å². The lowest BCUT2D eigenvalue weighted by Crippen LogP contribution is -2.27. The van der Waals surface area contributed by atoms with Gasteiger partial charge < -0.3 is 0 Å². The van der Waals surface area contributed by atoms with E-state index in [1.54, 1.807) is 4.57 Å². The number of hydrogen-bond donors (Lipinski definition) is 1. The summed E-state index contributed by atoms with van der Waals surface area (Å²) in [6.45, 7) is 4.77. The maximum absolute atomic E-state index is 14.5. The number of aromatic nitrogens is 6. The third kappa shape index (κ3) is 6.21. The predicted molar refractivity (Wildman–Crippen MR) is 152 cm³/mol. The van der Waals surface area contributed by atoms with E-state index in [1.807, 2.05) is 28.8 Å². The quantitative estimate of drug-likeness (QED) is 0.238. The molecule has 0 aliphatic heterocycles. The molecule has 2 aromatic carbocycles. The number of benzene rings is 2. The highest BCUT2D eigenvalue weighted by molar-refractivity contribution is 5.80. The molecule has 0 bridgehead atoms. The van der Waals surface area contributed by atoms with Gasteiger partial charge in [-0.15, -0.1) is 10.2 Å². The lowest BCUT2D eigenvalue weighted by molar-refractivity contribution is 0.318. The third-order valence-corrected chi connectivity index (χ3v) is 8.14. The molecule has 2 heterocycles. The molecule has 0 amide bonds. The van der Waals surface area contributed by atoms with Gasteiger partial charge in [-0.2, -0.15) is 5.21 Å². The number of nitrogens with one attached hydrogen (secondary N) is 1. The van der Waals surface area contributed by atoms with Crippen LogP contribution in [0.4, 0.5) is 4.39 Å². The summed E-state index contributed by atoms with van der Waals surface area (Å²) in [6, 6.07) is 16.2. The molecule has 0 atom stereocenters. The van der Waals surface area contributed by atoms with E-state index in [2.05, 4.69) is 58.7 Å². The number of imidazole rings is 1. The van der Waals surface area contributed by atoms with Crippen LogP contribution < -0.4 is 5.69 Å². The van der Waals surface area contributed by atoms with E-state index in [-0.39, 0.29) is 5.69 Å². The third-order valence-electron chi connectivity index (χ3n) is 8.14. The van der Waals surface area contributed by atoms with Gasteiger partial charge in [-0.3, -0.25) is 9.13 Å². The van der Waals surface area contributed by atoms with Gasteiger partial charge in [-0.1, -0.05) is 94.5 Å². The van der Waals surface area contributed by atoms with Crippen molar-refractivity contribution in [2.75, 3.05) is 0 Å². The Labute approximate surface area is 229 Å². The minimum absolute atomic E-state index is 0.0799. The van der Waals surface area contributed by atoms with Gasteiger partial charge in [-0.05, 0) is 53.0 Å². The normalized spacial score (nSPS) is 14.4. The molecule has 0 spiro atoms. The van der Waals surface area contributed by atoms with Gasteiger partial charge in [0, 0.05) is 17.8 Å². The Morgan fingerprint density at radius 2 is 1.72 bits per heavy atom. The second-order valence-corrected chi connectivity index (χ2v) is 11.3. The summed E-state index contributed by atoms with van der Waals surface area (Å²) >= 11 is 0. The molecule has 8 heteroatoms. The molecule has 0 radical (unpaired) electrons. The first-order chi connectivity index (χ1) is 19.0. The van der Waals surface area contributed by atoms with Gasteiger partial charge in [0.25, 0.3) is 0 Å². The Morgan fingerprint density at radius 1 is 0.974 bits per heavy atom. The zero-order valence-electron chi connectivity index (χ0n) is 23.1. The van der Waals surface area contributed by atoms with E-state index in [0.717, 1.165) is 40.8 Å². The van der Waals surface area contributed by atoms with Crippen LogP contribution in [0.3, 0.4) is 0 Å². The van der Waals surface area contributed by atoms with E-state index in [0.29, 0.717) is 42.9 Å². The molecule has 39 heavy (non-hydrogen) atoms. The summed E-state index contributed by atoms with van der Waals surface area (Å²) in [5, 5.41) is 14.5. The van der Waals surface area contributed by atoms with Crippen molar-refractivity contribution >= 4 is 0 Å². The van der Waals surface area contributed by atoms with Crippen LogP contribution in [0, 0.1) is 11.8 Å². The van der Waals surface area contributed by atoms with Crippen molar-refractivity contribution in [3.63, 3.8) is 0 Å². The summed E-state index contributed by atoms with van der Waals surface area (Å²) in [5.74, 6) is 1.66. The Bertz CT molecular complexity index is 1400. The minimum atomic E-state index is -0.605. The van der Waals surface area contributed by atoms with Crippen molar-refractivity contribution in [1.29, 1.82) is 0 Å². The Balaban J connectivity index is 1.42. The van der Waals surface area contributed by atoms with Crippen LogP contribution in [0.5, 0.6) is 0 Å². The molecule has 0 saturated heterocycles. The van der Waals surface area contributed by atoms with Crippen LogP contribution in [0.15, 0.2) is 53.3 Å². The van der Waals surface area contributed by atoms with Gasteiger partial charge in [0.2, 0.25) is 5.82 Å². The first kappa shape index (κ1) is 27.0. The largest absolute Gasteiger partial charge is 0.328 e. The molecule has 2 aromatic heterocycles. The smallest absolute Gasteiger partial charge is 0.293 e. The van der Waals surface area contributed by atoms with Crippen molar-refractivity contribution in [2.45, 2.75) is 85.0 Å². The highest BCUT2D eigenvalue weighted by Crippen LogP contribution is 2.30. The summed E-state index contributed by atoms with van der Waals surface area (Å²) < 4.78 is 18.0. The zero-order chi connectivity index (χ0) is 27.2. The zero-order valence-corrected chi connectivity index (χ0v) is 23.1. The van der Waals surface area contributed by atoms with Crippen LogP contribution in [-0.2, 0) is 26.2 Å². The molecule has 1 aliphatic rings. The van der Waals surface area contributed by atoms with Crippen molar-refractivity contribution in [1.82, 2.24) is 29.8 Å². The van der Waals surface area contributed by atoms with E-state index in [9.17, 15) is 9.18 Å². The monoisotopic (exact) mass is 530 g/mol. The van der Waals surface area contributed by atoms with E-state index >= 15 is 0 Å². The van der Waals surface area contributed by atoms with Gasteiger partial charge in [0.05, 0.1) is 12.2 Å². The summed E-state index contributed by atoms with van der Waals surface area (Å²) in [7, 11) is 0. The lowest BCUT2D eigenvalue weighted by Gasteiger charge is -2.21. The number of hydrogen-bond acceptors (Lipinski definition) is 4. The minimum Gasteiger partial charge on any atom is -0.293 e. The molecule has 1 N–H and O–H groups in total. The average Bonchev–Trinajstić information content (AvgIpc) is 3.59. The molecule has 0 unspecified atom stereocenters. The molecule has 4 aromatic rings. The maximum Gasteiger partial charge on any atom is 0.328 e. The molecule has 206 valence electrons. The van der Waals surface area contributed by atoms with Crippen LogP contribution in [0.25, 0.3) is 22.5 Å². The second kappa shape index (κ2) is 12.5. The molecule has 1 saturated carbocycles. The number of aromatic amines is 1. The average molecular weight is 531 g/mol. The van der Waals surface area contributed by atoms with Crippen LogP contribution in [0.1, 0.15) is 75.7 Å². The van der Waals surface area contributed by atoms with Gasteiger partial charge >= 0.3 is 5.69 Å². The van der Waals surface area contributed by atoms with E-state index < -0.39 is 6.67 Å². The first-order valence-corrected chi connectivity index (χ1v) is 14.3. The maximum atomic E-state index is 14.5. The highest BCUT2D eigenvalue weighted by atomic mass is 19.1. The van der Waals surface area contributed by atoms with E-state index in [4.69, 9.17) is 0 Å². The SMILES string of the molecule is CC(C)CCc1c(CF)n(CCC2CCCCC2)c(=O)n1Cc1ccc(-c2ccccc2-c2nn[nH]n2)cc1. The fourth-order valence-corrected chi connectivity index (χ4v) is 5.90. The Hall–Kier alpha value is -3.55. The fourth-order valence-electron chi connectivity index (χ4n) is 5.90. The number of tetrazole rings is 1. The van der Waals surface area contributed by atoms with Gasteiger partial charge in [0.15, 0.2) is 0 Å². The van der Waals surface area contributed by atoms with Crippen molar-refractivity contribution in [2.24, 2.45) is 11.8 Å². The van der Waals surface area contributed by atoms with Crippen LogP contribution in [-0.4, -0.2) is 29.8 Å². The molecule has 7 nitrogen and oxygen atoms in total. The Kier molecular flexibility index (Phi) is 8.69. The van der Waals surface area contributed by atoms with Crippen molar-refractivity contribution in [3.05, 3.63) is 76.0 Å². The highest BCUT2D eigenvalue weighted by Gasteiger charge is 2.22. The standard InChI is InChI=1S/C31H39FN6O/c1-22(2)12-17-28-29(20-32)37(19-18-23-8-4-3-5-9-23)31(39)38(28)21-24-13-15-25(16-14-24)26-10-6-7-11-27(26)30-33-35-36-34-30/h6-7,10-11,13-16,22-23H,3-5,8-9,12,17-21H2,1-2H3,(H,33,34,35,36). The molecule has 1 fully saturated rings. The number of halogens is 1. The molecular weight excluding hydrogens is 491 g/mol. The van der Waals surface area contributed by atoms with Crippen LogP contribution >= 0.6 is 0 Å². The second-order valence-electron chi connectivity index (χ2n) is 11.3. The molecule has 5 rings (SSSR count).